The number of allylic oxidation sites excluding steroid dienone is 7. The highest BCUT2D eigenvalue weighted by molar-refractivity contribution is 7.45. The zero-order valence-electron chi connectivity index (χ0n) is 58.3. The van der Waals surface area contributed by atoms with Gasteiger partial charge in [0.05, 0.1) is 39.9 Å². The van der Waals surface area contributed by atoms with Crippen LogP contribution in [0.1, 0.15) is 386 Å². The number of quaternary nitrogens is 1. The molecule has 0 aromatic heterocycles. The Morgan fingerprint density at radius 3 is 0.942 bits per heavy atom. The molecule has 0 aromatic carbocycles. The lowest BCUT2D eigenvalue weighted by Crippen LogP contribution is -2.45. The molecule has 0 aliphatic heterocycles. The molecule has 0 aromatic rings. The summed E-state index contributed by atoms with van der Waals surface area (Å²) in [5, 5.41) is 14.0. The highest BCUT2D eigenvalue weighted by Crippen LogP contribution is 2.38. The van der Waals surface area contributed by atoms with E-state index in [1.165, 1.54) is 321 Å². The van der Waals surface area contributed by atoms with Crippen LogP contribution < -0.4 is 10.2 Å². The Kier molecular flexibility index (Phi) is 66.6. The van der Waals surface area contributed by atoms with Crippen LogP contribution in [0.15, 0.2) is 48.6 Å². The molecule has 0 aliphatic rings. The Balaban J connectivity index is 4.03. The summed E-state index contributed by atoms with van der Waals surface area (Å²) in [7, 11) is 1.25. The number of hydrogen-bond donors (Lipinski definition) is 2. The van der Waals surface area contributed by atoms with Crippen molar-refractivity contribution in [3.63, 3.8) is 0 Å². The zero-order valence-corrected chi connectivity index (χ0v) is 59.2. The highest BCUT2D eigenvalue weighted by Gasteiger charge is 2.23. The van der Waals surface area contributed by atoms with Crippen molar-refractivity contribution in [2.75, 3.05) is 40.9 Å². The maximum Gasteiger partial charge on any atom is 0.268 e. The van der Waals surface area contributed by atoms with Crippen molar-refractivity contribution in [2.45, 2.75) is 398 Å². The number of rotatable bonds is 71. The Labute approximate surface area is 537 Å². The average molecular weight is 1230 g/mol. The summed E-state index contributed by atoms with van der Waals surface area (Å²) in [5.74, 6) is -0.204. The van der Waals surface area contributed by atoms with E-state index in [9.17, 15) is 19.4 Å². The molecule has 0 aliphatic carbocycles. The monoisotopic (exact) mass is 1230 g/mol. The third kappa shape index (κ3) is 69.9. The van der Waals surface area contributed by atoms with Gasteiger partial charge in [0.25, 0.3) is 7.82 Å². The summed E-state index contributed by atoms with van der Waals surface area (Å²) >= 11 is 0. The van der Waals surface area contributed by atoms with E-state index in [1.54, 1.807) is 6.08 Å². The van der Waals surface area contributed by atoms with Gasteiger partial charge in [0, 0.05) is 6.42 Å². The fraction of sp³-hybridized carbons (Fsp3) is 0.883. The minimum absolute atomic E-state index is 0.00782. The van der Waals surface area contributed by atoms with Gasteiger partial charge in [0.15, 0.2) is 0 Å². The summed E-state index contributed by atoms with van der Waals surface area (Å²) in [6.45, 7) is 4.68. The molecule has 9 heteroatoms. The largest absolute Gasteiger partial charge is 0.756 e. The van der Waals surface area contributed by atoms with E-state index >= 15 is 0 Å². The van der Waals surface area contributed by atoms with Gasteiger partial charge in [-0.05, 0) is 70.6 Å². The minimum atomic E-state index is -4.62. The van der Waals surface area contributed by atoms with E-state index in [4.69, 9.17) is 9.05 Å². The number of carbonyl (C=O) groups is 1. The summed E-state index contributed by atoms with van der Waals surface area (Å²) in [6.07, 6.45) is 92.7. The summed E-state index contributed by atoms with van der Waals surface area (Å²) < 4.78 is 23.5. The first kappa shape index (κ1) is 84.5. The van der Waals surface area contributed by atoms with Gasteiger partial charge in [-0.1, -0.05) is 358 Å². The average Bonchev–Trinajstić information content (AvgIpc) is 3.70. The van der Waals surface area contributed by atoms with Gasteiger partial charge in [-0.15, -0.1) is 0 Å². The van der Waals surface area contributed by atoms with Crippen LogP contribution >= 0.6 is 7.82 Å². The lowest BCUT2D eigenvalue weighted by Gasteiger charge is -2.29. The zero-order chi connectivity index (χ0) is 62.6. The molecule has 0 rings (SSSR count). The van der Waals surface area contributed by atoms with Crippen LogP contribution in [-0.2, 0) is 18.4 Å². The first-order valence-corrected chi connectivity index (χ1v) is 39.5. The van der Waals surface area contributed by atoms with Gasteiger partial charge < -0.3 is 28.8 Å². The molecule has 86 heavy (non-hydrogen) atoms. The second-order valence-electron chi connectivity index (χ2n) is 27.3. The van der Waals surface area contributed by atoms with Crippen LogP contribution in [0.25, 0.3) is 0 Å². The molecular weight excluding hydrogens is 1080 g/mol. The second-order valence-corrected chi connectivity index (χ2v) is 28.7. The number of aliphatic hydroxyl groups excluding tert-OH is 1. The molecule has 0 saturated carbocycles. The van der Waals surface area contributed by atoms with Gasteiger partial charge in [0.2, 0.25) is 5.91 Å². The maximum atomic E-state index is 13.1. The molecule has 0 radical (unpaired) electrons. The molecule has 0 spiro atoms. The number of hydrogen-bond acceptors (Lipinski definition) is 6. The third-order valence-corrected chi connectivity index (χ3v) is 18.5. The summed E-state index contributed by atoms with van der Waals surface area (Å²) in [6, 6.07) is -0.911. The maximum absolute atomic E-state index is 13.1. The number of phosphoric acid groups is 1. The molecule has 1 amide bonds. The van der Waals surface area contributed by atoms with E-state index < -0.39 is 26.6 Å². The van der Waals surface area contributed by atoms with Gasteiger partial charge in [-0.2, -0.15) is 0 Å². The number of nitrogens with one attached hydrogen (secondary N) is 1. The van der Waals surface area contributed by atoms with E-state index in [-0.39, 0.29) is 12.5 Å². The molecule has 8 nitrogen and oxygen atoms in total. The van der Waals surface area contributed by atoms with Gasteiger partial charge >= 0.3 is 0 Å². The first-order chi connectivity index (χ1) is 42.0. The lowest BCUT2D eigenvalue weighted by atomic mass is 10.0. The van der Waals surface area contributed by atoms with Crippen molar-refractivity contribution in [3.8, 4) is 0 Å². The van der Waals surface area contributed by atoms with Crippen LogP contribution in [0.3, 0.4) is 0 Å². The molecule has 0 heterocycles. The third-order valence-electron chi connectivity index (χ3n) is 17.5. The number of unbranched alkanes of at least 4 members (excludes halogenated alkanes) is 52. The number of carbonyl (C=O) groups excluding carboxylic acids is 1. The molecule has 2 N–H and O–H groups in total. The predicted octanol–water partition coefficient (Wildman–Crippen LogP) is 23.9. The van der Waals surface area contributed by atoms with Crippen LogP contribution in [0.2, 0.25) is 0 Å². The van der Waals surface area contributed by atoms with E-state index in [0.29, 0.717) is 17.4 Å². The Bertz CT molecular complexity index is 1540. The van der Waals surface area contributed by atoms with Crippen molar-refractivity contribution in [3.05, 3.63) is 48.6 Å². The molecule has 0 bridgehead atoms. The number of amides is 1. The van der Waals surface area contributed by atoms with Crippen molar-refractivity contribution >= 4 is 13.7 Å². The van der Waals surface area contributed by atoms with Crippen molar-refractivity contribution in [1.29, 1.82) is 0 Å². The second kappa shape index (κ2) is 67.8. The van der Waals surface area contributed by atoms with Crippen molar-refractivity contribution in [1.82, 2.24) is 5.32 Å². The highest BCUT2D eigenvalue weighted by atomic mass is 31.2. The molecule has 3 unspecified atom stereocenters. The molecule has 508 valence electrons. The fourth-order valence-corrected chi connectivity index (χ4v) is 12.3. The lowest BCUT2D eigenvalue weighted by molar-refractivity contribution is -0.870. The van der Waals surface area contributed by atoms with Gasteiger partial charge in [-0.25, -0.2) is 0 Å². The number of nitrogens with zero attached hydrogens (tertiary/aromatic N) is 1. The summed E-state index contributed by atoms with van der Waals surface area (Å²) in [4.78, 5) is 25.7. The van der Waals surface area contributed by atoms with Crippen molar-refractivity contribution < 1.29 is 32.9 Å². The number of aliphatic hydroxyl groups is 1. The Morgan fingerprint density at radius 1 is 0.395 bits per heavy atom. The Morgan fingerprint density at radius 2 is 0.651 bits per heavy atom. The van der Waals surface area contributed by atoms with E-state index in [1.807, 2.05) is 27.2 Å². The molecule has 3 atom stereocenters. The SMILES string of the molecule is CCCCCCCCCC/C=C\CCCCCCCCCCCCCCCCCCCCCCCCCC(=O)NC(COP(=O)([O-])OCC[N+](C)(C)C)C(O)/C=C/CC/C=C/CC/C=C/CCCCCCCCCCCCCCCCCCCCC. The smallest absolute Gasteiger partial charge is 0.268 e. The van der Waals surface area contributed by atoms with Crippen LogP contribution in [0, 0.1) is 0 Å². The quantitative estimate of drug-likeness (QED) is 0.0272. The normalized spacial score (nSPS) is 13.8. The van der Waals surface area contributed by atoms with E-state index in [2.05, 4.69) is 55.6 Å². The number of phosphoric ester groups is 1. The van der Waals surface area contributed by atoms with Crippen LogP contribution in [0.4, 0.5) is 0 Å². The fourth-order valence-electron chi connectivity index (χ4n) is 11.6. The predicted molar refractivity (Wildman–Crippen MR) is 376 cm³/mol. The van der Waals surface area contributed by atoms with Crippen LogP contribution in [-0.4, -0.2) is 68.5 Å². The standard InChI is InChI=1S/C77H149N2O6P/c1-6-8-10-12-14-16-18-20-22-24-26-28-30-32-34-36-37-38-39-40-41-43-45-47-49-51-53-55-57-59-61-63-65-67-69-71-77(81)78-75(74-85-86(82,83)84-73-72-79(3,4)5)76(80)70-68-66-64-62-60-58-56-54-52-50-48-46-44-42-35-33-31-29-27-25-23-21-19-17-15-13-11-9-7-2/h24,26,52,54,60,62,68,70,75-76,80H,6-23,25,27-51,53,55-59,61,63-67,69,71-74H2,1-5H3,(H-,78,81,82,83)/b26-24-,54-52+,62-60+,70-68+. The van der Waals surface area contributed by atoms with Crippen LogP contribution in [0.5, 0.6) is 0 Å². The number of likely N-dealkylation sites (N-methyl/N-ethyl adjacent to an activating group) is 1. The molecular formula is C77H149N2O6P. The molecule has 0 fully saturated rings. The molecule has 0 saturated heterocycles. The van der Waals surface area contributed by atoms with E-state index in [0.717, 1.165) is 44.9 Å². The van der Waals surface area contributed by atoms with Gasteiger partial charge in [0.1, 0.15) is 13.2 Å². The van der Waals surface area contributed by atoms with Crippen molar-refractivity contribution in [2.24, 2.45) is 0 Å². The topological polar surface area (TPSA) is 108 Å². The first-order valence-electron chi connectivity index (χ1n) is 38.0. The summed E-state index contributed by atoms with van der Waals surface area (Å²) in [5.41, 5.74) is 0. The Hall–Kier alpha value is -1.54. The van der Waals surface area contributed by atoms with Gasteiger partial charge in [-0.3, -0.25) is 9.36 Å². The minimum Gasteiger partial charge on any atom is -0.756 e.